The van der Waals surface area contributed by atoms with Crippen LogP contribution in [0.2, 0.25) is 0 Å². The van der Waals surface area contributed by atoms with Crippen molar-refractivity contribution in [3.05, 3.63) is 65.7 Å². The molecule has 2 amide bonds. The van der Waals surface area contributed by atoms with E-state index in [1.807, 2.05) is 54.6 Å². The average molecular weight is 422 g/mol. The summed E-state index contributed by atoms with van der Waals surface area (Å²) in [6, 6.07) is 18.0. The highest BCUT2D eigenvalue weighted by atomic mass is 16.5. The lowest BCUT2D eigenvalue weighted by Crippen LogP contribution is -2.44. The monoisotopic (exact) mass is 421 g/mol. The standard InChI is InChI=1S/C25H31N3O3/c1-2-19-8-10-22(11-9-19)28-17-21(16-24(28)29)25(30)26-23(20-6-4-3-5-7-20)18-27-12-14-31-15-13-27/h3-11,21,23H,2,12-18H2,1H3,(H,26,30). The second-order valence-corrected chi connectivity index (χ2v) is 8.31. The van der Waals surface area contributed by atoms with E-state index in [2.05, 4.69) is 17.1 Å². The highest BCUT2D eigenvalue weighted by Crippen LogP contribution is 2.26. The van der Waals surface area contributed by atoms with Gasteiger partial charge < -0.3 is 15.0 Å². The van der Waals surface area contributed by atoms with Gasteiger partial charge in [-0.3, -0.25) is 14.5 Å². The third kappa shape index (κ3) is 5.32. The largest absolute Gasteiger partial charge is 0.379 e. The molecule has 0 aromatic heterocycles. The molecule has 2 aromatic rings. The summed E-state index contributed by atoms with van der Waals surface area (Å²) < 4.78 is 5.46. The van der Waals surface area contributed by atoms with Crippen LogP contribution in [-0.2, 0) is 20.7 Å². The van der Waals surface area contributed by atoms with Crippen molar-refractivity contribution in [2.45, 2.75) is 25.8 Å². The zero-order valence-electron chi connectivity index (χ0n) is 18.1. The van der Waals surface area contributed by atoms with Crippen molar-refractivity contribution >= 4 is 17.5 Å². The highest BCUT2D eigenvalue weighted by Gasteiger charge is 2.36. The van der Waals surface area contributed by atoms with E-state index in [-0.39, 0.29) is 30.2 Å². The predicted molar refractivity (Wildman–Crippen MR) is 121 cm³/mol. The summed E-state index contributed by atoms with van der Waals surface area (Å²) in [7, 11) is 0. The first-order valence-electron chi connectivity index (χ1n) is 11.2. The molecule has 2 saturated heterocycles. The molecule has 0 bridgehead atoms. The highest BCUT2D eigenvalue weighted by molar-refractivity contribution is 6.00. The number of nitrogens with one attached hydrogen (secondary N) is 1. The van der Waals surface area contributed by atoms with E-state index >= 15 is 0 Å². The number of aryl methyl sites for hydroxylation is 1. The number of benzene rings is 2. The molecule has 0 spiro atoms. The summed E-state index contributed by atoms with van der Waals surface area (Å²) in [5.74, 6) is -0.383. The number of amides is 2. The summed E-state index contributed by atoms with van der Waals surface area (Å²) in [6.45, 7) is 6.44. The molecule has 0 saturated carbocycles. The number of carbonyl (C=O) groups excluding carboxylic acids is 2. The number of morpholine rings is 1. The molecule has 6 nitrogen and oxygen atoms in total. The average Bonchev–Trinajstić information content (AvgIpc) is 3.21. The van der Waals surface area contributed by atoms with Crippen LogP contribution in [0, 0.1) is 5.92 Å². The number of hydrogen-bond acceptors (Lipinski definition) is 4. The lowest BCUT2D eigenvalue weighted by molar-refractivity contribution is -0.127. The van der Waals surface area contributed by atoms with Crippen molar-refractivity contribution < 1.29 is 14.3 Å². The van der Waals surface area contributed by atoms with Gasteiger partial charge in [-0.1, -0.05) is 49.4 Å². The van der Waals surface area contributed by atoms with E-state index < -0.39 is 0 Å². The number of ether oxygens (including phenoxy) is 1. The molecule has 2 heterocycles. The van der Waals surface area contributed by atoms with Gasteiger partial charge in [0, 0.05) is 38.3 Å². The van der Waals surface area contributed by atoms with Gasteiger partial charge in [0.05, 0.1) is 25.2 Å². The fourth-order valence-electron chi connectivity index (χ4n) is 4.30. The Hall–Kier alpha value is -2.70. The first-order valence-corrected chi connectivity index (χ1v) is 11.2. The molecule has 2 aliphatic rings. The maximum absolute atomic E-state index is 13.2. The van der Waals surface area contributed by atoms with Gasteiger partial charge in [0.25, 0.3) is 0 Å². The predicted octanol–water partition coefficient (Wildman–Crippen LogP) is 2.79. The minimum Gasteiger partial charge on any atom is -0.379 e. The molecule has 4 rings (SSSR count). The number of anilines is 1. The molecular formula is C25H31N3O3. The molecule has 2 aliphatic heterocycles. The van der Waals surface area contributed by atoms with Gasteiger partial charge in [-0.25, -0.2) is 0 Å². The number of carbonyl (C=O) groups is 2. The zero-order chi connectivity index (χ0) is 21.6. The van der Waals surface area contributed by atoms with E-state index in [4.69, 9.17) is 4.74 Å². The van der Waals surface area contributed by atoms with E-state index in [9.17, 15) is 9.59 Å². The van der Waals surface area contributed by atoms with Crippen molar-refractivity contribution in [2.75, 3.05) is 44.3 Å². The zero-order valence-corrected chi connectivity index (χ0v) is 18.1. The van der Waals surface area contributed by atoms with Crippen LogP contribution in [0.4, 0.5) is 5.69 Å². The molecule has 6 heteroatoms. The summed E-state index contributed by atoms with van der Waals surface area (Å²) in [5, 5.41) is 3.23. The summed E-state index contributed by atoms with van der Waals surface area (Å²) in [4.78, 5) is 29.9. The van der Waals surface area contributed by atoms with Gasteiger partial charge >= 0.3 is 0 Å². The lowest BCUT2D eigenvalue weighted by atomic mass is 10.0. The minimum atomic E-state index is -0.339. The summed E-state index contributed by atoms with van der Waals surface area (Å²) in [6.07, 6.45) is 1.21. The van der Waals surface area contributed by atoms with Crippen LogP contribution in [0.15, 0.2) is 54.6 Å². The Morgan fingerprint density at radius 2 is 1.81 bits per heavy atom. The van der Waals surface area contributed by atoms with Crippen molar-refractivity contribution in [3.63, 3.8) is 0 Å². The quantitative estimate of drug-likeness (QED) is 0.747. The Morgan fingerprint density at radius 3 is 2.48 bits per heavy atom. The van der Waals surface area contributed by atoms with Crippen LogP contribution in [0.1, 0.15) is 30.5 Å². The van der Waals surface area contributed by atoms with Crippen molar-refractivity contribution in [1.82, 2.24) is 10.2 Å². The fraction of sp³-hybridized carbons (Fsp3) is 0.440. The number of nitrogens with zero attached hydrogens (tertiary/aromatic N) is 2. The van der Waals surface area contributed by atoms with Gasteiger partial charge in [0.15, 0.2) is 0 Å². The fourth-order valence-corrected chi connectivity index (χ4v) is 4.30. The summed E-state index contributed by atoms with van der Waals surface area (Å²) in [5.41, 5.74) is 3.18. The van der Waals surface area contributed by atoms with Gasteiger partial charge in [0.1, 0.15) is 0 Å². The molecular weight excluding hydrogens is 390 g/mol. The van der Waals surface area contributed by atoms with Crippen molar-refractivity contribution in [2.24, 2.45) is 5.92 Å². The second-order valence-electron chi connectivity index (χ2n) is 8.31. The Labute approximate surface area is 184 Å². The maximum Gasteiger partial charge on any atom is 0.227 e. The normalized spacial score (nSPS) is 20.6. The molecule has 2 aromatic carbocycles. The van der Waals surface area contributed by atoms with E-state index in [1.54, 1.807) is 4.90 Å². The van der Waals surface area contributed by atoms with Crippen molar-refractivity contribution in [3.8, 4) is 0 Å². The molecule has 1 N–H and O–H groups in total. The van der Waals surface area contributed by atoms with Gasteiger partial charge in [-0.2, -0.15) is 0 Å². The third-order valence-corrected chi connectivity index (χ3v) is 6.21. The third-order valence-electron chi connectivity index (χ3n) is 6.21. The van der Waals surface area contributed by atoms with Crippen LogP contribution in [-0.4, -0.2) is 56.1 Å². The number of rotatable bonds is 7. The Kier molecular flexibility index (Phi) is 6.99. The minimum absolute atomic E-state index is 0.00818. The van der Waals surface area contributed by atoms with Crippen LogP contribution < -0.4 is 10.2 Å². The topological polar surface area (TPSA) is 61.9 Å². The van der Waals surface area contributed by atoms with Gasteiger partial charge in [0.2, 0.25) is 11.8 Å². The van der Waals surface area contributed by atoms with Gasteiger partial charge in [-0.05, 0) is 29.7 Å². The lowest BCUT2D eigenvalue weighted by Gasteiger charge is -2.31. The molecule has 0 radical (unpaired) electrons. The van der Waals surface area contributed by atoms with E-state index in [0.717, 1.165) is 50.5 Å². The first kappa shape index (κ1) is 21.5. The van der Waals surface area contributed by atoms with Crippen LogP contribution in [0.5, 0.6) is 0 Å². The second kappa shape index (κ2) is 10.1. The molecule has 2 fully saturated rings. The Morgan fingerprint density at radius 1 is 1.10 bits per heavy atom. The first-order chi connectivity index (χ1) is 15.1. The summed E-state index contributed by atoms with van der Waals surface area (Å²) >= 11 is 0. The molecule has 2 unspecified atom stereocenters. The van der Waals surface area contributed by atoms with Crippen molar-refractivity contribution in [1.29, 1.82) is 0 Å². The van der Waals surface area contributed by atoms with Crippen LogP contribution in [0.25, 0.3) is 0 Å². The van der Waals surface area contributed by atoms with E-state index in [1.165, 1.54) is 5.56 Å². The van der Waals surface area contributed by atoms with Crippen LogP contribution in [0.3, 0.4) is 0 Å². The molecule has 2 atom stereocenters. The Bertz CT molecular complexity index is 879. The van der Waals surface area contributed by atoms with Crippen LogP contribution >= 0.6 is 0 Å². The maximum atomic E-state index is 13.2. The SMILES string of the molecule is CCc1ccc(N2CC(C(=O)NC(CN3CCOCC3)c3ccccc3)CC2=O)cc1. The molecule has 164 valence electrons. The molecule has 31 heavy (non-hydrogen) atoms. The Balaban J connectivity index is 1.43. The number of hydrogen-bond donors (Lipinski definition) is 1. The molecule has 0 aliphatic carbocycles. The smallest absolute Gasteiger partial charge is 0.227 e. The van der Waals surface area contributed by atoms with E-state index in [0.29, 0.717) is 6.54 Å². The van der Waals surface area contributed by atoms with Gasteiger partial charge in [-0.15, -0.1) is 0 Å².